The Kier molecular flexibility index (Phi) is 6.24. The molecule has 27 heavy (non-hydrogen) atoms. The molecule has 2 rings (SSSR count). The van der Waals surface area contributed by atoms with Crippen LogP contribution in [0.3, 0.4) is 0 Å². The molecule has 0 spiro atoms. The molecule has 0 aliphatic carbocycles. The van der Waals surface area contributed by atoms with E-state index in [1.807, 2.05) is 0 Å². The molecule has 0 aliphatic rings. The number of amides is 1. The van der Waals surface area contributed by atoms with Crippen molar-refractivity contribution < 1.29 is 18.1 Å². The molecule has 1 amide bonds. The van der Waals surface area contributed by atoms with Crippen molar-refractivity contribution in [1.29, 1.82) is 0 Å². The molecule has 0 saturated heterocycles. The minimum absolute atomic E-state index is 0.0455. The summed E-state index contributed by atoms with van der Waals surface area (Å²) in [6.45, 7) is 1.60. The van der Waals surface area contributed by atoms with Crippen LogP contribution < -0.4 is 15.4 Å². The summed E-state index contributed by atoms with van der Waals surface area (Å²) in [4.78, 5) is 22.5. The molecule has 0 unspecified atom stereocenters. The SMILES string of the molecule is C[C@H](Nc1cccc(NS(C)(=O)=O)c1)C(=O)Nc1ccc([N+](=O)[O-])cc1Cl. The molecule has 0 bridgehead atoms. The summed E-state index contributed by atoms with van der Waals surface area (Å²) in [5, 5.41) is 16.3. The lowest BCUT2D eigenvalue weighted by molar-refractivity contribution is -0.384. The van der Waals surface area contributed by atoms with E-state index in [0.717, 1.165) is 12.3 Å². The average Bonchev–Trinajstić information content (AvgIpc) is 2.55. The van der Waals surface area contributed by atoms with Gasteiger partial charge in [0.1, 0.15) is 6.04 Å². The van der Waals surface area contributed by atoms with Gasteiger partial charge in [-0.1, -0.05) is 17.7 Å². The van der Waals surface area contributed by atoms with Crippen molar-refractivity contribution in [2.75, 3.05) is 21.6 Å². The number of hydrogen-bond donors (Lipinski definition) is 3. The van der Waals surface area contributed by atoms with Crippen molar-refractivity contribution in [3.63, 3.8) is 0 Å². The second-order valence-electron chi connectivity index (χ2n) is 5.73. The van der Waals surface area contributed by atoms with Gasteiger partial charge >= 0.3 is 0 Å². The van der Waals surface area contributed by atoms with Gasteiger partial charge in [-0.25, -0.2) is 8.42 Å². The van der Waals surface area contributed by atoms with Gasteiger partial charge < -0.3 is 10.6 Å². The van der Waals surface area contributed by atoms with Crippen LogP contribution in [0, 0.1) is 10.1 Å². The average molecular weight is 413 g/mol. The monoisotopic (exact) mass is 412 g/mol. The van der Waals surface area contributed by atoms with Crippen LogP contribution in [0.2, 0.25) is 5.02 Å². The Balaban J connectivity index is 2.06. The van der Waals surface area contributed by atoms with Crippen LogP contribution in [0.15, 0.2) is 42.5 Å². The second-order valence-corrected chi connectivity index (χ2v) is 7.89. The third-order valence-electron chi connectivity index (χ3n) is 3.36. The van der Waals surface area contributed by atoms with Crippen molar-refractivity contribution in [1.82, 2.24) is 0 Å². The zero-order valence-electron chi connectivity index (χ0n) is 14.4. The Bertz CT molecular complexity index is 981. The number of anilines is 3. The molecule has 0 aromatic heterocycles. The first kappa shape index (κ1) is 20.5. The van der Waals surface area contributed by atoms with E-state index in [-0.39, 0.29) is 16.4 Å². The molecule has 9 nitrogen and oxygen atoms in total. The molecule has 0 saturated carbocycles. The number of carbonyl (C=O) groups excluding carboxylic acids is 1. The lowest BCUT2D eigenvalue weighted by Crippen LogP contribution is -2.32. The summed E-state index contributed by atoms with van der Waals surface area (Å²) in [5.74, 6) is -0.424. The van der Waals surface area contributed by atoms with Crippen LogP contribution in [0.5, 0.6) is 0 Å². The predicted molar refractivity (Wildman–Crippen MR) is 105 cm³/mol. The Labute approximate surface area is 160 Å². The van der Waals surface area contributed by atoms with Gasteiger partial charge in [0.15, 0.2) is 0 Å². The molecule has 2 aromatic rings. The predicted octanol–water partition coefficient (Wildman–Crippen LogP) is 3.06. The Morgan fingerprint density at radius 3 is 2.44 bits per heavy atom. The van der Waals surface area contributed by atoms with Gasteiger partial charge in [-0.15, -0.1) is 0 Å². The summed E-state index contributed by atoms with van der Waals surface area (Å²) >= 11 is 5.96. The number of benzene rings is 2. The molecule has 0 radical (unpaired) electrons. The molecule has 0 fully saturated rings. The summed E-state index contributed by atoms with van der Waals surface area (Å²) in [6, 6.07) is 9.47. The van der Waals surface area contributed by atoms with Gasteiger partial charge in [0.25, 0.3) is 5.69 Å². The normalized spacial score (nSPS) is 12.1. The number of nitro benzene ring substituents is 1. The maximum Gasteiger partial charge on any atom is 0.271 e. The molecule has 0 heterocycles. The van der Waals surface area contributed by atoms with Gasteiger partial charge in [0, 0.05) is 17.8 Å². The van der Waals surface area contributed by atoms with Gasteiger partial charge in [0.05, 0.1) is 27.6 Å². The number of nitrogens with zero attached hydrogens (tertiary/aromatic N) is 1. The summed E-state index contributed by atoms with van der Waals surface area (Å²) in [6.07, 6.45) is 1.04. The highest BCUT2D eigenvalue weighted by molar-refractivity contribution is 7.92. The van der Waals surface area contributed by atoms with Crippen LogP contribution in [0.4, 0.5) is 22.7 Å². The lowest BCUT2D eigenvalue weighted by atomic mass is 10.2. The molecule has 144 valence electrons. The molecular formula is C16H17ClN4O5S. The van der Waals surface area contributed by atoms with Crippen molar-refractivity contribution in [2.45, 2.75) is 13.0 Å². The van der Waals surface area contributed by atoms with E-state index in [4.69, 9.17) is 11.6 Å². The number of nitrogens with one attached hydrogen (secondary N) is 3. The smallest absolute Gasteiger partial charge is 0.271 e. The molecule has 11 heteroatoms. The number of halogens is 1. The zero-order valence-corrected chi connectivity index (χ0v) is 16.0. The van der Waals surface area contributed by atoms with Gasteiger partial charge in [-0.3, -0.25) is 19.6 Å². The van der Waals surface area contributed by atoms with Crippen molar-refractivity contribution in [3.8, 4) is 0 Å². The fourth-order valence-corrected chi connectivity index (χ4v) is 2.94. The Hall–Kier alpha value is -2.85. The van der Waals surface area contributed by atoms with E-state index < -0.39 is 26.9 Å². The largest absolute Gasteiger partial charge is 0.374 e. The van der Waals surface area contributed by atoms with E-state index in [1.165, 1.54) is 12.1 Å². The first-order valence-corrected chi connectivity index (χ1v) is 9.91. The number of hydrogen-bond acceptors (Lipinski definition) is 6. The first-order valence-electron chi connectivity index (χ1n) is 7.64. The quantitative estimate of drug-likeness (QED) is 0.473. The van der Waals surface area contributed by atoms with Gasteiger partial charge in [0.2, 0.25) is 15.9 Å². The Morgan fingerprint density at radius 1 is 1.19 bits per heavy atom. The highest BCUT2D eigenvalue weighted by Crippen LogP contribution is 2.27. The second kappa shape index (κ2) is 8.23. The van der Waals surface area contributed by atoms with Crippen LogP contribution in [0.1, 0.15) is 6.92 Å². The zero-order chi connectivity index (χ0) is 20.2. The topological polar surface area (TPSA) is 130 Å². The maximum atomic E-state index is 12.3. The van der Waals surface area contributed by atoms with Crippen molar-refractivity contribution in [2.24, 2.45) is 0 Å². The van der Waals surface area contributed by atoms with Crippen LogP contribution >= 0.6 is 11.6 Å². The van der Waals surface area contributed by atoms with E-state index in [2.05, 4.69) is 15.4 Å². The number of rotatable bonds is 7. The minimum atomic E-state index is -3.41. The maximum absolute atomic E-state index is 12.3. The number of sulfonamides is 1. The third-order valence-corrected chi connectivity index (χ3v) is 4.28. The van der Waals surface area contributed by atoms with Crippen LogP contribution in [0.25, 0.3) is 0 Å². The van der Waals surface area contributed by atoms with Crippen molar-refractivity contribution in [3.05, 3.63) is 57.6 Å². The van der Waals surface area contributed by atoms with Crippen LogP contribution in [-0.2, 0) is 14.8 Å². The fourth-order valence-electron chi connectivity index (χ4n) is 2.16. The molecule has 1 atom stereocenters. The highest BCUT2D eigenvalue weighted by Gasteiger charge is 2.16. The van der Waals surface area contributed by atoms with Gasteiger partial charge in [-0.05, 0) is 31.2 Å². The van der Waals surface area contributed by atoms with Crippen molar-refractivity contribution >= 4 is 50.3 Å². The number of nitro groups is 1. The van der Waals surface area contributed by atoms with E-state index in [0.29, 0.717) is 11.4 Å². The standard InChI is InChI=1S/C16H17ClN4O5S/c1-10(18-11-4-3-5-12(8-11)20-27(2,25)26)16(22)19-15-7-6-13(21(23)24)9-14(15)17/h3-10,18,20H,1-2H3,(H,19,22)/t10-/m0/s1. The van der Waals surface area contributed by atoms with E-state index in [9.17, 15) is 23.3 Å². The number of carbonyl (C=O) groups is 1. The lowest BCUT2D eigenvalue weighted by Gasteiger charge is -2.16. The van der Waals surface area contributed by atoms with Crippen LogP contribution in [-0.4, -0.2) is 31.5 Å². The summed E-state index contributed by atoms with van der Waals surface area (Å²) in [5.41, 5.74) is 0.947. The number of non-ortho nitro benzene ring substituents is 1. The molecule has 2 aromatic carbocycles. The van der Waals surface area contributed by atoms with Gasteiger partial charge in [-0.2, -0.15) is 0 Å². The molecule has 0 aliphatic heterocycles. The fraction of sp³-hybridized carbons (Fsp3) is 0.188. The minimum Gasteiger partial charge on any atom is -0.374 e. The highest BCUT2D eigenvalue weighted by atomic mass is 35.5. The summed E-state index contributed by atoms with van der Waals surface area (Å²) in [7, 11) is -3.41. The van der Waals surface area contributed by atoms with E-state index >= 15 is 0 Å². The summed E-state index contributed by atoms with van der Waals surface area (Å²) < 4.78 is 24.9. The first-order chi connectivity index (χ1) is 12.5. The Morgan fingerprint density at radius 2 is 1.85 bits per heavy atom. The third kappa shape index (κ3) is 6.12. The van der Waals surface area contributed by atoms with E-state index in [1.54, 1.807) is 31.2 Å². The molecular weight excluding hydrogens is 396 g/mol. The molecule has 3 N–H and O–H groups in total.